The average molecular weight is 195 g/mol. The highest BCUT2D eigenvalue weighted by Crippen LogP contribution is 2.11. The third-order valence-electron chi connectivity index (χ3n) is 2.07. The Morgan fingerprint density at radius 2 is 2.50 bits per heavy atom. The van der Waals surface area contributed by atoms with E-state index in [2.05, 4.69) is 23.5 Å². The van der Waals surface area contributed by atoms with E-state index < -0.39 is 0 Å². The first kappa shape index (κ1) is 10.8. The summed E-state index contributed by atoms with van der Waals surface area (Å²) in [6.45, 7) is 2.82. The van der Waals surface area contributed by atoms with Crippen LogP contribution in [0.25, 0.3) is 0 Å². The van der Waals surface area contributed by atoms with Crippen molar-refractivity contribution in [2.24, 2.45) is 0 Å². The summed E-state index contributed by atoms with van der Waals surface area (Å²) in [7, 11) is 0. The molecule has 0 aromatic heterocycles. The Morgan fingerprint density at radius 3 is 3.29 bits per heavy atom. The predicted molar refractivity (Wildman–Crippen MR) is 56.1 cm³/mol. The number of alkyl carbamates (subject to hydrolysis) is 1. The van der Waals surface area contributed by atoms with Crippen LogP contribution in [-0.2, 0) is 4.74 Å². The fourth-order valence-electron chi connectivity index (χ4n) is 1.35. The number of hydrogen-bond donors (Lipinski definition) is 1. The van der Waals surface area contributed by atoms with Crippen LogP contribution in [0.2, 0.25) is 0 Å². The van der Waals surface area contributed by atoms with E-state index in [0.717, 1.165) is 19.3 Å². The highest BCUT2D eigenvalue weighted by Gasteiger charge is 2.03. The smallest absolute Gasteiger partial charge is 0.407 e. The van der Waals surface area contributed by atoms with Gasteiger partial charge in [0.15, 0.2) is 0 Å². The molecule has 0 unspecified atom stereocenters. The largest absolute Gasteiger partial charge is 0.450 e. The number of hydrogen-bond acceptors (Lipinski definition) is 2. The minimum absolute atomic E-state index is 0.332. The van der Waals surface area contributed by atoms with Gasteiger partial charge in [0.25, 0.3) is 0 Å². The van der Waals surface area contributed by atoms with Crippen LogP contribution < -0.4 is 5.32 Å². The van der Waals surface area contributed by atoms with Gasteiger partial charge in [-0.2, -0.15) is 0 Å². The molecule has 0 aromatic carbocycles. The topological polar surface area (TPSA) is 38.3 Å². The maximum Gasteiger partial charge on any atom is 0.407 e. The van der Waals surface area contributed by atoms with E-state index in [1.54, 1.807) is 6.92 Å². The first-order chi connectivity index (χ1) is 6.83. The summed E-state index contributed by atoms with van der Waals surface area (Å²) in [5.41, 5.74) is 1.26. The lowest BCUT2D eigenvalue weighted by Crippen LogP contribution is -2.26. The molecule has 0 radical (unpaired) electrons. The summed E-state index contributed by atoms with van der Waals surface area (Å²) >= 11 is 0. The molecule has 1 aliphatic rings. The summed E-state index contributed by atoms with van der Waals surface area (Å²) < 4.78 is 4.77. The highest BCUT2D eigenvalue weighted by molar-refractivity contribution is 5.67. The molecular weight excluding hydrogens is 178 g/mol. The van der Waals surface area contributed by atoms with Crippen LogP contribution in [0.3, 0.4) is 0 Å². The second-order valence-electron chi connectivity index (χ2n) is 3.22. The molecule has 3 heteroatoms. The lowest BCUT2D eigenvalue weighted by atomic mass is 10.1. The third-order valence-corrected chi connectivity index (χ3v) is 2.07. The van der Waals surface area contributed by atoms with E-state index in [1.165, 1.54) is 5.57 Å². The molecule has 14 heavy (non-hydrogen) atoms. The second kappa shape index (κ2) is 6.24. The average Bonchev–Trinajstić information content (AvgIpc) is 2.43. The summed E-state index contributed by atoms with van der Waals surface area (Å²) in [5, 5.41) is 2.72. The van der Waals surface area contributed by atoms with Crippen molar-refractivity contribution < 1.29 is 9.53 Å². The van der Waals surface area contributed by atoms with Gasteiger partial charge in [-0.1, -0.05) is 23.8 Å². The van der Waals surface area contributed by atoms with Gasteiger partial charge in [-0.15, -0.1) is 0 Å². The van der Waals surface area contributed by atoms with Gasteiger partial charge in [-0.3, -0.25) is 0 Å². The maximum atomic E-state index is 11.0. The molecule has 3 nitrogen and oxygen atoms in total. The van der Waals surface area contributed by atoms with Crippen LogP contribution >= 0.6 is 0 Å². The van der Waals surface area contributed by atoms with Crippen molar-refractivity contribution in [2.45, 2.75) is 26.2 Å². The van der Waals surface area contributed by atoms with Gasteiger partial charge < -0.3 is 10.1 Å². The Labute approximate surface area is 84.8 Å². The van der Waals surface area contributed by atoms with Crippen molar-refractivity contribution in [3.8, 4) is 0 Å². The zero-order chi connectivity index (χ0) is 10.2. The Hall–Kier alpha value is -1.25. The van der Waals surface area contributed by atoms with Crippen LogP contribution in [0, 0.1) is 0 Å². The number of amides is 1. The van der Waals surface area contributed by atoms with Gasteiger partial charge >= 0.3 is 6.09 Å². The number of carbonyl (C=O) groups excluding carboxylic acids is 1. The fraction of sp³-hybridized carbons (Fsp3) is 0.545. The normalized spacial score (nSPS) is 15.6. The standard InChI is InChI=1S/C11H17NO2/c1-2-14-11(13)12-9-10-7-5-3-4-6-8-10/h3,5,7H,2,4,6,8-9H2,1H3,(H,12,13). The van der Waals surface area contributed by atoms with Crippen LogP contribution in [0.4, 0.5) is 4.79 Å². The minimum Gasteiger partial charge on any atom is -0.450 e. The van der Waals surface area contributed by atoms with Gasteiger partial charge in [-0.25, -0.2) is 4.79 Å². The molecule has 0 aliphatic heterocycles. The minimum atomic E-state index is -0.332. The number of nitrogens with one attached hydrogen (secondary N) is 1. The van der Waals surface area contributed by atoms with Crippen molar-refractivity contribution in [3.63, 3.8) is 0 Å². The third kappa shape index (κ3) is 4.12. The van der Waals surface area contributed by atoms with Crippen molar-refractivity contribution >= 4 is 6.09 Å². The summed E-state index contributed by atoms with van der Waals surface area (Å²) in [6.07, 6.45) is 9.28. The number of allylic oxidation sites excluding steroid dienone is 3. The summed E-state index contributed by atoms with van der Waals surface area (Å²) in [5.74, 6) is 0. The second-order valence-corrected chi connectivity index (χ2v) is 3.22. The van der Waals surface area contributed by atoms with E-state index in [0.29, 0.717) is 13.2 Å². The van der Waals surface area contributed by atoms with Crippen molar-refractivity contribution in [2.75, 3.05) is 13.2 Å². The van der Waals surface area contributed by atoms with Crippen LogP contribution in [0.15, 0.2) is 23.8 Å². The van der Waals surface area contributed by atoms with Crippen LogP contribution in [0.1, 0.15) is 26.2 Å². The molecule has 1 rings (SSSR count). The van der Waals surface area contributed by atoms with Crippen LogP contribution in [-0.4, -0.2) is 19.2 Å². The predicted octanol–water partition coefficient (Wildman–Crippen LogP) is 2.40. The maximum absolute atomic E-state index is 11.0. The van der Waals surface area contributed by atoms with E-state index in [4.69, 9.17) is 4.74 Å². The first-order valence-electron chi connectivity index (χ1n) is 5.08. The van der Waals surface area contributed by atoms with Gasteiger partial charge in [-0.05, 0) is 26.2 Å². The highest BCUT2D eigenvalue weighted by atomic mass is 16.5. The SMILES string of the molecule is CCOC(=O)NCC1=CC=CCCC1. The van der Waals surface area contributed by atoms with E-state index in [9.17, 15) is 4.79 Å². The summed E-state index contributed by atoms with van der Waals surface area (Å²) in [6, 6.07) is 0. The lowest BCUT2D eigenvalue weighted by Gasteiger charge is -2.07. The molecule has 1 N–H and O–H groups in total. The molecule has 0 saturated heterocycles. The molecule has 0 spiro atoms. The molecule has 0 aromatic rings. The van der Waals surface area contributed by atoms with Crippen molar-refractivity contribution in [1.29, 1.82) is 0 Å². The van der Waals surface area contributed by atoms with E-state index in [1.807, 2.05) is 0 Å². The van der Waals surface area contributed by atoms with Gasteiger partial charge in [0.1, 0.15) is 0 Å². The molecule has 0 saturated carbocycles. The van der Waals surface area contributed by atoms with Gasteiger partial charge in [0.2, 0.25) is 0 Å². The van der Waals surface area contributed by atoms with Crippen LogP contribution in [0.5, 0.6) is 0 Å². The molecular formula is C11H17NO2. The van der Waals surface area contributed by atoms with Gasteiger partial charge in [0, 0.05) is 6.54 Å². The Morgan fingerprint density at radius 1 is 1.64 bits per heavy atom. The number of carbonyl (C=O) groups is 1. The molecule has 0 bridgehead atoms. The molecule has 0 atom stereocenters. The van der Waals surface area contributed by atoms with E-state index in [-0.39, 0.29) is 6.09 Å². The zero-order valence-electron chi connectivity index (χ0n) is 8.58. The van der Waals surface area contributed by atoms with E-state index >= 15 is 0 Å². The first-order valence-corrected chi connectivity index (χ1v) is 5.08. The lowest BCUT2D eigenvalue weighted by molar-refractivity contribution is 0.153. The van der Waals surface area contributed by atoms with Crippen molar-refractivity contribution in [3.05, 3.63) is 23.8 Å². The summed E-state index contributed by atoms with van der Waals surface area (Å²) in [4.78, 5) is 11.0. The van der Waals surface area contributed by atoms with Crippen molar-refractivity contribution in [1.82, 2.24) is 5.32 Å². The van der Waals surface area contributed by atoms with Gasteiger partial charge in [0.05, 0.1) is 6.61 Å². The molecule has 1 aliphatic carbocycles. The fourth-order valence-corrected chi connectivity index (χ4v) is 1.35. The monoisotopic (exact) mass is 195 g/mol. The number of rotatable bonds is 3. The molecule has 78 valence electrons. The number of ether oxygens (including phenoxy) is 1. The Balaban J connectivity index is 2.26. The Bertz CT molecular complexity index is 244. The Kier molecular flexibility index (Phi) is 4.83. The molecule has 1 amide bonds. The zero-order valence-corrected chi connectivity index (χ0v) is 8.58. The molecule has 0 heterocycles. The quantitative estimate of drug-likeness (QED) is 0.751. The molecule has 0 fully saturated rings.